The van der Waals surface area contributed by atoms with E-state index >= 15 is 0 Å². The quantitative estimate of drug-likeness (QED) is 0.471. The molecular weight excluding hydrogens is 470 g/mol. The van der Waals surface area contributed by atoms with Gasteiger partial charge in [-0.3, -0.25) is 9.69 Å². The molecule has 0 aliphatic carbocycles. The van der Waals surface area contributed by atoms with Gasteiger partial charge < -0.3 is 20.1 Å². The number of carbonyl (C=O) groups is 1. The van der Waals surface area contributed by atoms with E-state index in [-0.39, 0.29) is 5.91 Å². The number of nitrogens with one attached hydrogen (secondary N) is 2. The van der Waals surface area contributed by atoms with Crippen molar-refractivity contribution in [3.63, 3.8) is 0 Å². The lowest BCUT2D eigenvalue weighted by Crippen LogP contribution is -2.72. The topological polar surface area (TPSA) is 62.8 Å². The van der Waals surface area contributed by atoms with Crippen molar-refractivity contribution in [1.29, 1.82) is 0 Å². The molecule has 8 heteroatoms. The number of carbonyl (C=O) groups excluding carboxylic acids is 1. The third kappa shape index (κ3) is 3.65. The molecule has 5 rings (SSSR count). The second-order valence-electron chi connectivity index (χ2n) is 8.61. The van der Waals surface area contributed by atoms with E-state index in [1.165, 1.54) is 0 Å². The number of hydrogen-bond donors (Lipinski definition) is 2. The summed E-state index contributed by atoms with van der Waals surface area (Å²) >= 11 is 11.8. The van der Waals surface area contributed by atoms with E-state index in [1.54, 1.807) is 31.4 Å². The summed E-state index contributed by atoms with van der Waals surface area (Å²) in [5.74, 6) is 0.357. The summed E-state index contributed by atoms with van der Waals surface area (Å²) in [5.41, 5.74) is 2.25. The summed E-state index contributed by atoms with van der Waals surface area (Å²) in [6.45, 7) is 3.91. The van der Waals surface area contributed by atoms with Gasteiger partial charge in [0.05, 0.1) is 13.2 Å². The number of nitrogens with zero attached hydrogens (tertiary/aromatic N) is 1. The van der Waals surface area contributed by atoms with Gasteiger partial charge in [-0.2, -0.15) is 0 Å². The van der Waals surface area contributed by atoms with Gasteiger partial charge in [-0.05, 0) is 74.1 Å². The fourth-order valence-corrected chi connectivity index (χ4v) is 5.38. The lowest BCUT2D eigenvalue weighted by atomic mass is 9.78. The molecule has 2 heterocycles. The third-order valence-corrected chi connectivity index (χ3v) is 6.92. The zero-order valence-corrected chi connectivity index (χ0v) is 20.5. The number of rotatable bonds is 4. The average molecular weight is 494 g/mol. The lowest BCUT2D eigenvalue weighted by Gasteiger charge is -2.56. The second-order valence-corrected chi connectivity index (χ2v) is 9.43. The molecule has 174 valence electrons. The Morgan fingerprint density at radius 1 is 1.18 bits per heavy atom. The van der Waals surface area contributed by atoms with Crippen molar-refractivity contribution >= 4 is 46.2 Å². The molecule has 0 unspecified atom stereocenters. The van der Waals surface area contributed by atoms with Crippen molar-refractivity contribution < 1.29 is 14.3 Å². The van der Waals surface area contributed by atoms with Crippen LogP contribution in [0.4, 0.5) is 11.4 Å². The van der Waals surface area contributed by atoms with Gasteiger partial charge >= 0.3 is 0 Å². The zero-order valence-electron chi connectivity index (χ0n) is 19.0. The first-order valence-electron chi connectivity index (χ1n) is 10.9. The van der Waals surface area contributed by atoms with Crippen molar-refractivity contribution in [1.82, 2.24) is 5.32 Å². The summed E-state index contributed by atoms with van der Waals surface area (Å²) < 4.78 is 12.3. The van der Waals surface area contributed by atoms with Gasteiger partial charge in [0.25, 0.3) is 0 Å². The van der Waals surface area contributed by atoms with Crippen LogP contribution in [0.15, 0.2) is 66.7 Å². The van der Waals surface area contributed by atoms with E-state index < -0.39 is 17.7 Å². The number of amides is 1. The minimum atomic E-state index is -1.13. The molecule has 0 aromatic heterocycles. The third-order valence-electron chi connectivity index (χ3n) is 6.36. The normalized spacial score (nSPS) is 22.8. The molecule has 3 aromatic rings. The van der Waals surface area contributed by atoms with E-state index in [0.29, 0.717) is 27.3 Å². The summed E-state index contributed by atoms with van der Waals surface area (Å²) in [6.07, 6.45) is 0. The first kappa shape index (κ1) is 22.5. The highest BCUT2D eigenvalue weighted by atomic mass is 35.5. The fourth-order valence-electron chi connectivity index (χ4n) is 4.84. The molecule has 0 radical (unpaired) electrons. The Labute approximate surface area is 208 Å². The van der Waals surface area contributed by atoms with Gasteiger partial charge in [-0.15, -0.1) is 0 Å². The Kier molecular flexibility index (Phi) is 5.62. The van der Waals surface area contributed by atoms with E-state index in [4.69, 9.17) is 33.3 Å². The molecule has 6 nitrogen and oxygen atoms in total. The van der Waals surface area contributed by atoms with Gasteiger partial charge in [-0.25, -0.2) is 0 Å². The summed E-state index contributed by atoms with van der Waals surface area (Å²) in [4.78, 5) is 15.7. The summed E-state index contributed by atoms with van der Waals surface area (Å²) in [5, 5.41) is 7.53. The molecule has 2 N–H and O–H groups in total. The Balaban J connectivity index is 1.65. The van der Waals surface area contributed by atoms with Crippen LogP contribution in [0.3, 0.4) is 0 Å². The predicted octanol–water partition coefficient (Wildman–Crippen LogP) is 5.46. The summed E-state index contributed by atoms with van der Waals surface area (Å²) in [6, 6.07) is 20.2. The largest absolute Gasteiger partial charge is 0.493 e. The van der Waals surface area contributed by atoms with Gasteiger partial charge in [0.15, 0.2) is 22.3 Å². The number of halogens is 1. The molecule has 3 atom stereocenters. The maximum atomic E-state index is 13.8. The highest BCUT2D eigenvalue weighted by molar-refractivity contribution is 7.80. The smallest absolute Gasteiger partial charge is 0.236 e. The molecule has 2 aliphatic heterocycles. The first-order chi connectivity index (χ1) is 16.3. The van der Waals surface area contributed by atoms with E-state index in [1.807, 2.05) is 61.2 Å². The molecule has 0 saturated carbocycles. The second kappa shape index (κ2) is 8.49. The fraction of sp³-hybridized carbons (Fsp3) is 0.231. The van der Waals surface area contributed by atoms with Crippen molar-refractivity contribution in [3.8, 4) is 11.5 Å². The minimum Gasteiger partial charge on any atom is -0.493 e. The van der Waals surface area contributed by atoms with Crippen LogP contribution in [0, 0.1) is 12.8 Å². The molecule has 34 heavy (non-hydrogen) atoms. The predicted molar refractivity (Wildman–Crippen MR) is 138 cm³/mol. The highest BCUT2D eigenvalue weighted by Gasteiger charge is 2.59. The maximum absolute atomic E-state index is 13.8. The Bertz CT molecular complexity index is 1280. The Morgan fingerprint density at radius 3 is 2.62 bits per heavy atom. The number of aryl methyl sites for hydroxylation is 1. The number of thiocarbonyl (C=S) groups is 1. The van der Waals surface area contributed by atoms with Crippen molar-refractivity contribution in [2.45, 2.75) is 25.6 Å². The Hall–Kier alpha value is -3.29. The number of anilines is 2. The number of hydrogen-bond acceptors (Lipinski definition) is 4. The number of methoxy groups -OCH3 is 1. The SMILES string of the molecule is COc1cccc2c1O[C@]1(C)[C@@H](C(=O)Nc3ccc(Cl)cc3)[C@@H]2NC(=S)N1c1cccc(C)c1. The first-order valence-corrected chi connectivity index (χ1v) is 11.7. The molecule has 3 aromatic carbocycles. The van der Waals surface area contributed by atoms with E-state index in [2.05, 4.69) is 10.6 Å². The van der Waals surface area contributed by atoms with E-state index in [0.717, 1.165) is 16.8 Å². The maximum Gasteiger partial charge on any atom is 0.236 e. The van der Waals surface area contributed by atoms with Crippen LogP contribution >= 0.6 is 23.8 Å². The highest BCUT2D eigenvalue weighted by Crippen LogP contribution is 2.52. The molecule has 1 saturated heterocycles. The number of fused-ring (bicyclic) bond motifs is 4. The van der Waals surface area contributed by atoms with Crippen molar-refractivity contribution in [3.05, 3.63) is 82.9 Å². The average Bonchev–Trinajstić information content (AvgIpc) is 2.79. The van der Waals surface area contributed by atoms with E-state index in [9.17, 15) is 4.79 Å². The molecular formula is C26H24ClN3O3S. The number of benzene rings is 3. The number of ether oxygens (including phenoxy) is 2. The van der Waals surface area contributed by atoms with Crippen LogP contribution in [-0.2, 0) is 4.79 Å². The minimum absolute atomic E-state index is 0.198. The van der Waals surface area contributed by atoms with Crippen LogP contribution in [0.1, 0.15) is 24.1 Å². The van der Waals surface area contributed by atoms with Crippen LogP contribution < -0.4 is 25.0 Å². The standard InChI is InChI=1S/C26H24ClN3O3S/c1-15-6-4-7-18(14-15)30-25(34)29-22-19-8-5-9-20(32-3)23(19)33-26(30,2)21(22)24(31)28-17-12-10-16(27)11-13-17/h4-14,21-22H,1-3H3,(H,28,31)(H,29,34)/t21-,22-,26-/m1/s1. The van der Waals surface area contributed by atoms with Gasteiger partial charge in [0.2, 0.25) is 5.91 Å². The Morgan fingerprint density at radius 2 is 1.91 bits per heavy atom. The lowest BCUT2D eigenvalue weighted by molar-refractivity contribution is -0.130. The summed E-state index contributed by atoms with van der Waals surface area (Å²) in [7, 11) is 1.60. The number of para-hydroxylation sites is 1. The van der Waals surface area contributed by atoms with Crippen LogP contribution in [-0.4, -0.2) is 23.9 Å². The molecule has 2 bridgehead atoms. The monoisotopic (exact) mass is 493 g/mol. The molecule has 0 spiro atoms. The van der Waals surface area contributed by atoms with Gasteiger partial charge in [0.1, 0.15) is 5.92 Å². The van der Waals surface area contributed by atoms with Crippen LogP contribution in [0.5, 0.6) is 11.5 Å². The van der Waals surface area contributed by atoms with Gasteiger partial charge in [0, 0.05) is 22.0 Å². The van der Waals surface area contributed by atoms with Crippen LogP contribution in [0.2, 0.25) is 5.02 Å². The van der Waals surface area contributed by atoms with Crippen molar-refractivity contribution in [2.75, 3.05) is 17.3 Å². The molecule has 1 amide bonds. The molecule has 2 aliphatic rings. The molecule has 1 fully saturated rings. The van der Waals surface area contributed by atoms with Gasteiger partial charge in [-0.1, -0.05) is 35.9 Å². The van der Waals surface area contributed by atoms with Crippen LogP contribution in [0.25, 0.3) is 0 Å². The van der Waals surface area contributed by atoms with Crippen molar-refractivity contribution in [2.24, 2.45) is 5.92 Å². The zero-order chi connectivity index (χ0) is 24.0.